The molecule has 1 aliphatic heterocycles. The molecule has 0 saturated carbocycles. The number of carbonyl (C=O) groups is 1. The van der Waals surface area contributed by atoms with Crippen molar-refractivity contribution in [1.29, 1.82) is 0 Å². The third-order valence-corrected chi connectivity index (χ3v) is 3.28. The quantitative estimate of drug-likeness (QED) is 0.923. The van der Waals surface area contributed by atoms with Gasteiger partial charge >= 0.3 is 6.18 Å². The molecule has 112 valence electrons. The molecule has 0 aliphatic carbocycles. The summed E-state index contributed by atoms with van der Waals surface area (Å²) in [6.45, 7) is 2.41. The van der Waals surface area contributed by atoms with E-state index in [1.165, 1.54) is 0 Å². The number of hydrogen-bond donors (Lipinski definition) is 1. The minimum atomic E-state index is -4.53. The van der Waals surface area contributed by atoms with Gasteiger partial charge in [-0.3, -0.25) is 9.48 Å². The summed E-state index contributed by atoms with van der Waals surface area (Å²) < 4.78 is 43.9. The number of aromatic nitrogens is 2. The summed E-state index contributed by atoms with van der Waals surface area (Å²) in [7, 11) is 1.16. The average Bonchev–Trinajstić information content (AvgIpc) is 2.95. The molecule has 2 atom stereocenters. The molecule has 2 heterocycles. The molecule has 1 saturated heterocycles. The molecule has 0 spiro atoms. The maximum absolute atomic E-state index is 12.6. The second kappa shape index (κ2) is 5.43. The molecule has 1 N–H and O–H groups in total. The number of nitrogens with one attached hydrogen (secondary N) is 1. The molecule has 20 heavy (non-hydrogen) atoms. The highest BCUT2D eigenvalue weighted by Gasteiger charge is 2.36. The van der Waals surface area contributed by atoms with E-state index in [0.29, 0.717) is 11.3 Å². The number of amides is 1. The van der Waals surface area contributed by atoms with Crippen molar-refractivity contribution in [2.75, 3.05) is 6.61 Å². The lowest BCUT2D eigenvalue weighted by atomic mass is 10.1. The minimum Gasteiger partial charge on any atom is -0.376 e. The van der Waals surface area contributed by atoms with E-state index in [9.17, 15) is 18.0 Å². The summed E-state index contributed by atoms with van der Waals surface area (Å²) >= 11 is 0. The van der Waals surface area contributed by atoms with E-state index in [0.717, 1.165) is 26.0 Å². The molecule has 2 rings (SSSR count). The van der Waals surface area contributed by atoms with Gasteiger partial charge in [0.15, 0.2) is 5.69 Å². The van der Waals surface area contributed by atoms with Crippen LogP contribution in [-0.4, -0.2) is 34.4 Å². The van der Waals surface area contributed by atoms with Gasteiger partial charge in [-0.25, -0.2) is 0 Å². The molecular formula is C12H16F3N3O2. The van der Waals surface area contributed by atoms with E-state index in [-0.39, 0.29) is 17.8 Å². The van der Waals surface area contributed by atoms with Gasteiger partial charge in [-0.15, -0.1) is 0 Å². The van der Waals surface area contributed by atoms with E-state index >= 15 is 0 Å². The molecule has 1 aliphatic rings. The Kier molecular flexibility index (Phi) is 4.03. The van der Waals surface area contributed by atoms with Crippen LogP contribution in [0.25, 0.3) is 0 Å². The summed E-state index contributed by atoms with van der Waals surface area (Å²) in [6, 6.07) is 0.485. The topological polar surface area (TPSA) is 56.2 Å². The summed E-state index contributed by atoms with van der Waals surface area (Å²) in [4.78, 5) is 11.9. The van der Waals surface area contributed by atoms with Crippen molar-refractivity contribution < 1.29 is 22.7 Å². The van der Waals surface area contributed by atoms with Gasteiger partial charge in [0.25, 0.3) is 5.91 Å². The SMILES string of the molecule is CC(NC(=O)c1cc(C(F)(F)F)n(C)n1)C1CCCO1. The first-order valence-electron chi connectivity index (χ1n) is 6.32. The third-order valence-electron chi connectivity index (χ3n) is 3.28. The molecule has 0 aromatic carbocycles. The van der Waals surface area contributed by atoms with Gasteiger partial charge in [0.2, 0.25) is 0 Å². The lowest BCUT2D eigenvalue weighted by molar-refractivity contribution is -0.143. The fourth-order valence-corrected chi connectivity index (χ4v) is 2.21. The largest absolute Gasteiger partial charge is 0.433 e. The number of carbonyl (C=O) groups excluding carboxylic acids is 1. The number of aryl methyl sites for hydroxylation is 1. The molecule has 0 radical (unpaired) electrons. The molecule has 0 bridgehead atoms. The van der Waals surface area contributed by atoms with Crippen molar-refractivity contribution in [3.63, 3.8) is 0 Å². The highest BCUT2D eigenvalue weighted by Crippen LogP contribution is 2.29. The van der Waals surface area contributed by atoms with Gasteiger partial charge in [-0.2, -0.15) is 18.3 Å². The first-order valence-corrected chi connectivity index (χ1v) is 6.32. The number of hydrogen-bond acceptors (Lipinski definition) is 3. The van der Waals surface area contributed by atoms with Crippen molar-refractivity contribution in [3.05, 3.63) is 17.5 Å². The van der Waals surface area contributed by atoms with Crippen LogP contribution in [0.15, 0.2) is 6.07 Å². The van der Waals surface area contributed by atoms with E-state index < -0.39 is 17.8 Å². The van der Waals surface area contributed by atoms with E-state index in [4.69, 9.17) is 4.74 Å². The smallest absolute Gasteiger partial charge is 0.376 e. The predicted octanol–water partition coefficient (Wildman–Crippen LogP) is 1.74. The Morgan fingerprint density at radius 1 is 1.60 bits per heavy atom. The number of rotatable bonds is 3. The van der Waals surface area contributed by atoms with Crippen LogP contribution in [0.5, 0.6) is 0 Å². The Bertz CT molecular complexity index is 493. The highest BCUT2D eigenvalue weighted by atomic mass is 19.4. The predicted molar refractivity (Wildman–Crippen MR) is 64.1 cm³/mol. The van der Waals surface area contributed by atoms with Crippen molar-refractivity contribution in [2.45, 2.75) is 38.1 Å². The van der Waals surface area contributed by atoms with Gasteiger partial charge in [0, 0.05) is 19.7 Å². The van der Waals surface area contributed by atoms with Crippen LogP contribution in [0.2, 0.25) is 0 Å². The summed E-state index contributed by atoms with van der Waals surface area (Å²) in [5.74, 6) is -0.626. The lowest BCUT2D eigenvalue weighted by Crippen LogP contribution is -2.41. The second-order valence-corrected chi connectivity index (χ2v) is 4.85. The van der Waals surface area contributed by atoms with Gasteiger partial charge in [-0.1, -0.05) is 0 Å². The van der Waals surface area contributed by atoms with Crippen LogP contribution < -0.4 is 5.32 Å². The summed E-state index contributed by atoms with van der Waals surface area (Å²) in [5.41, 5.74) is -1.20. The fraction of sp³-hybridized carbons (Fsp3) is 0.667. The van der Waals surface area contributed by atoms with Crippen LogP contribution in [0.1, 0.15) is 35.9 Å². The lowest BCUT2D eigenvalue weighted by Gasteiger charge is -2.19. The minimum absolute atomic E-state index is 0.0928. The Hall–Kier alpha value is -1.57. The van der Waals surface area contributed by atoms with Crippen LogP contribution in [-0.2, 0) is 18.0 Å². The third kappa shape index (κ3) is 3.12. The molecule has 8 heteroatoms. The Labute approximate surface area is 114 Å². The van der Waals surface area contributed by atoms with E-state index in [1.807, 2.05) is 0 Å². The first-order chi connectivity index (χ1) is 9.29. The highest BCUT2D eigenvalue weighted by molar-refractivity contribution is 5.92. The summed E-state index contributed by atoms with van der Waals surface area (Å²) in [6.07, 6.45) is -2.87. The van der Waals surface area contributed by atoms with Crippen molar-refractivity contribution in [2.24, 2.45) is 7.05 Å². The summed E-state index contributed by atoms with van der Waals surface area (Å²) in [5, 5.41) is 6.22. The van der Waals surface area contributed by atoms with Crippen molar-refractivity contribution in [3.8, 4) is 0 Å². The standard InChI is InChI=1S/C12H16F3N3O2/c1-7(9-4-3-5-20-9)16-11(19)8-6-10(12(13,14)15)18(2)17-8/h6-7,9H,3-5H2,1-2H3,(H,16,19). The van der Waals surface area contributed by atoms with Gasteiger partial charge in [-0.05, 0) is 19.8 Å². The van der Waals surface area contributed by atoms with Gasteiger partial charge < -0.3 is 10.1 Å². The Balaban J connectivity index is 2.06. The van der Waals surface area contributed by atoms with E-state index in [1.54, 1.807) is 6.92 Å². The zero-order valence-electron chi connectivity index (χ0n) is 11.2. The molecule has 1 aromatic rings. The maximum atomic E-state index is 12.6. The normalized spacial score (nSPS) is 20.9. The molecule has 1 amide bonds. The maximum Gasteiger partial charge on any atom is 0.433 e. The van der Waals surface area contributed by atoms with Gasteiger partial charge in [0.1, 0.15) is 5.69 Å². The van der Waals surface area contributed by atoms with Crippen molar-refractivity contribution in [1.82, 2.24) is 15.1 Å². The number of ether oxygens (including phenoxy) is 1. The van der Waals surface area contributed by atoms with Crippen LogP contribution in [0.3, 0.4) is 0 Å². The van der Waals surface area contributed by atoms with Gasteiger partial charge in [0.05, 0.1) is 12.1 Å². The molecule has 5 nitrogen and oxygen atoms in total. The number of nitrogens with zero attached hydrogens (tertiary/aromatic N) is 2. The van der Waals surface area contributed by atoms with Crippen molar-refractivity contribution >= 4 is 5.91 Å². The number of alkyl halides is 3. The number of halogens is 3. The Morgan fingerprint density at radius 3 is 2.80 bits per heavy atom. The Morgan fingerprint density at radius 2 is 2.30 bits per heavy atom. The molecule has 1 fully saturated rings. The van der Waals surface area contributed by atoms with Crippen LogP contribution in [0.4, 0.5) is 13.2 Å². The molecule has 2 unspecified atom stereocenters. The molecule has 1 aromatic heterocycles. The fourth-order valence-electron chi connectivity index (χ4n) is 2.21. The average molecular weight is 291 g/mol. The van der Waals surface area contributed by atoms with Crippen LogP contribution in [0, 0.1) is 0 Å². The zero-order valence-corrected chi connectivity index (χ0v) is 11.2. The second-order valence-electron chi connectivity index (χ2n) is 4.85. The first kappa shape index (κ1) is 14.8. The van der Waals surface area contributed by atoms with Crippen LogP contribution >= 0.6 is 0 Å². The van der Waals surface area contributed by atoms with E-state index in [2.05, 4.69) is 10.4 Å². The molecular weight excluding hydrogens is 275 g/mol. The zero-order chi connectivity index (χ0) is 14.9. The monoisotopic (exact) mass is 291 g/mol.